The summed E-state index contributed by atoms with van der Waals surface area (Å²) in [7, 11) is 0. The number of halogens is 1. The van der Waals surface area contributed by atoms with Crippen molar-refractivity contribution in [3.05, 3.63) is 53.1 Å². The first-order chi connectivity index (χ1) is 7.74. The first-order valence-electron chi connectivity index (χ1n) is 5.18. The summed E-state index contributed by atoms with van der Waals surface area (Å²) in [5, 5.41) is 0.742. The average Bonchev–Trinajstić information content (AvgIpc) is 2.69. The zero-order valence-electron chi connectivity index (χ0n) is 9.10. The van der Waals surface area contributed by atoms with Crippen LogP contribution in [-0.4, -0.2) is 16.1 Å². The number of hydrogen-bond acceptors (Lipinski definition) is 2. The van der Waals surface area contributed by atoms with Gasteiger partial charge >= 0.3 is 0 Å². The fraction of sp³-hybridized carbons (Fsp3) is 0.250. The molecule has 0 aliphatic carbocycles. The molecule has 3 nitrogen and oxygen atoms in total. The predicted molar refractivity (Wildman–Crippen MR) is 65.6 cm³/mol. The van der Waals surface area contributed by atoms with Gasteiger partial charge in [-0.1, -0.05) is 29.8 Å². The molecule has 0 radical (unpaired) electrons. The number of rotatable bonds is 3. The fourth-order valence-corrected chi connectivity index (χ4v) is 2.11. The van der Waals surface area contributed by atoms with Gasteiger partial charge in [-0.05, 0) is 18.6 Å². The summed E-state index contributed by atoms with van der Waals surface area (Å²) in [6.45, 7) is 2.46. The zero-order valence-corrected chi connectivity index (χ0v) is 9.85. The molecule has 1 unspecified atom stereocenters. The lowest BCUT2D eigenvalue weighted by Gasteiger charge is -2.19. The highest BCUT2D eigenvalue weighted by Crippen LogP contribution is 2.25. The van der Waals surface area contributed by atoms with Gasteiger partial charge in [0.05, 0.1) is 6.04 Å². The van der Waals surface area contributed by atoms with Crippen LogP contribution in [0.1, 0.15) is 17.4 Å². The summed E-state index contributed by atoms with van der Waals surface area (Å²) in [5.41, 5.74) is 6.86. The van der Waals surface area contributed by atoms with Crippen molar-refractivity contribution in [1.29, 1.82) is 0 Å². The minimum absolute atomic E-state index is 0.0520. The second-order valence-electron chi connectivity index (χ2n) is 3.65. The summed E-state index contributed by atoms with van der Waals surface area (Å²) < 4.78 is 2.04. The van der Waals surface area contributed by atoms with Crippen molar-refractivity contribution in [2.45, 2.75) is 13.0 Å². The monoisotopic (exact) mass is 235 g/mol. The van der Waals surface area contributed by atoms with Crippen molar-refractivity contribution in [2.24, 2.45) is 5.73 Å². The van der Waals surface area contributed by atoms with E-state index in [1.807, 2.05) is 42.0 Å². The van der Waals surface area contributed by atoms with E-state index in [2.05, 4.69) is 4.98 Å². The lowest BCUT2D eigenvalue weighted by molar-refractivity contribution is 0.579. The van der Waals surface area contributed by atoms with Crippen molar-refractivity contribution in [2.75, 3.05) is 6.54 Å². The zero-order chi connectivity index (χ0) is 11.5. The fourth-order valence-electron chi connectivity index (χ4n) is 1.85. The summed E-state index contributed by atoms with van der Waals surface area (Å²) >= 11 is 6.18. The first-order valence-corrected chi connectivity index (χ1v) is 5.55. The van der Waals surface area contributed by atoms with Crippen LogP contribution in [-0.2, 0) is 0 Å². The molecule has 0 saturated carbocycles. The van der Waals surface area contributed by atoms with Gasteiger partial charge in [-0.15, -0.1) is 0 Å². The highest BCUT2D eigenvalue weighted by atomic mass is 35.5. The van der Waals surface area contributed by atoms with Gasteiger partial charge in [-0.25, -0.2) is 4.98 Å². The van der Waals surface area contributed by atoms with E-state index in [0.29, 0.717) is 6.54 Å². The van der Waals surface area contributed by atoms with Gasteiger partial charge in [0.25, 0.3) is 0 Å². The highest BCUT2D eigenvalue weighted by molar-refractivity contribution is 6.31. The van der Waals surface area contributed by atoms with E-state index in [1.165, 1.54) is 0 Å². The Morgan fingerprint density at radius 2 is 2.19 bits per heavy atom. The third-order valence-corrected chi connectivity index (χ3v) is 3.03. The van der Waals surface area contributed by atoms with Gasteiger partial charge in [-0.2, -0.15) is 0 Å². The van der Waals surface area contributed by atoms with Crippen LogP contribution in [0.4, 0.5) is 0 Å². The molecule has 1 aromatic heterocycles. The van der Waals surface area contributed by atoms with Crippen LogP contribution in [0.25, 0.3) is 0 Å². The number of benzene rings is 1. The predicted octanol–water partition coefficient (Wildman–Crippen LogP) is 2.39. The Bertz CT molecular complexity index is 479. The van der Waals surface area contributed by atoms with Gasteiger partial charge in [0, 0.05) is 24.0 Å². The summed E-state index contributed by atoms with van der Waals surface area (Å²) in [5.74, 6) is 0.940. The van der Waals surface area contributed by atoms with Gasteiger partial charge in [0.1, 0.15) is 5.82 Å². The number of imidazole rings is 1. The molecule has 2 rings (SSSR count). The van der Waals surface area contributed by atoms with Crippen LogP contribution in [0.3, 0.4) is 0 Å². The summed E-state index contributed by atoms with van der Waals surface area (Å²) in [4.78, 5) is 4.20. The lowest BCUT2D eigenvalue weighted by atomic mass is 10.1. The molecule has 1 aromatic carbocycles. The maximum absolute atomic E-state index is 6.18. The maximum atomic E-state index is 6.18. The van der Waals surface area contributed by atoms with Crippen molar-refractivity contribution in [3.8, 4) is 0 Å². The quantitative estimate of drug-likeness (QED) is 0.888. The Balaban J connectivity index is 2.45. The standard InChI is InChI=1S/C12H14ClN3/c1-9-15-6-7-16(9)12(8-14)10-4-2-3-5-11(10)13/h2-7,12H,8,14H2,1H3. The van der Waals surface area contributed by atoms with E-state index in [0.717, 1.165) is 16.4 Å². The van der Waals surface area contributed by atoms with Gasteiger partial charge < -0.3 is 10.3 Å². The van der Waals surface area contributed by atoms with E-state index in [1.54, 1.807) is 6.20 Å². The number of nitrogens with two attached hydrogens (primary N) is 1. The molecule has 0 bridgehead atoms. The summed E-state index contributed by atoms with van der Waals surface area (Å²) in [6, 6.07) is 7.82. The van der Waals surface area contributed by atoms with Crippen LogP contribution in [0.2, 0.25) is 5.02 Å². The molecule has 0 saturated heterocycles. The Hall–Kier alpha value is -1.32. The smallest absolute Gasteiger partial charge is 0.106 e. The molecule has 16 heavy (non-hydrogen) atoms. The van der Waals surface area contributed by atoms with Gasteiger partial charge in [0.2, 0.25) is 0 Å². The van der Waals surface area contributed by atoms with Gasteiger partial charge in [0.15, 0.2) is 0 Å². The average molecular weight is 236 g/mol. The molecule has 2 N–H and O–H groups in total. The first kappa shape index (κ1) is 11.2. The van der Waals surface area contributed by atoms with Crippen LogP contribution in [0.5, 0.6) is 0 Å². The molecule has 4 heteroatoms. The molecular formula is C12H14ClN3. The Morgan fingerprint density at radius 1 is 1.44 bits per heavy atom. The molecule has 0 aliphatic heterocycles. The van der Waals surface area contributed by atoms with Crippen molar-refractivity contribution in [1.82, 2.24) is 9.55 Å². The maximum Gasteiger partial charge on any atom is 0.106 e. The molecule has 0 spiro atoms. The van der Waals surface area contributed by atoms with Crippen LogP contribution >= 0.6 is 11.6 Å². The topological polar surface area (TPSA) is 43.8 Å². The highest BCUT2D eigenvalue weighted by Gasteiger charge is 2.15. The SMILES string of the molecule is Cc1nccn1C(CN)c1ccccc1Cl. The van der Waals surface area contributed by atoms with Crippen molar-refractivity contribution >= 4 is 11.6 Å². The minimum atomic E-state index is 0.0520. The Morgan fingerprint density at radius 3 is 2.75 bits per heavy atom. The Kier molecular flexibility index (Phi) is 3.27. The largest absolute Gasteiger partial charge is 0.328 e. The molecule has 1 atom stereocenters. The number of aromatic nitrogens is 2. The molecule has 84 valence electrons. The van der Waals surface area contributed by atoms with E-state index >= 15 is 0 Å². The number of aryl methyl sites for hydroxylation is 1. The summed E-state index contributed by atoms with van der Waals surface area (Å²) in [6.07, 6.45) is 3.70. The second kappa shape index (κ2) is 4.68. The number of hydrogen-bond donors (Lipinski definition) is 1. The van der Waals surface area contributed by atoms with E-state index < -0.39 is 0 Å². The Labute approximate surface area is 99.9 Å². The lowest BCUT2D eigenvalue weighted by Crippen LogP contribution is -2.21. The van der Waals surface area contributed by atoms with Crippen LogP contribution in [0, 0.1) is 6.92 Å². The normalized spacial score (nSPS) is 12.7. The van der Waals surface area contributed by atoms with Crippen molar-refractivity contribution in [3.63, 3.8) is 0 Å². The van der Waals surface area contributed by atoms with E-state index in [-0.39, 0.29) is 6.04 Å². The molecular weight excluding hydrogens is 222 g/mol. The molecule has 0 fully saturated rings. The molecule has 0 aliphatic rings. The van der Waals surface area contributed by atoms with E-state index in [9.17, 15) is 0 Å². The molecule has 2 aromatic rings. The molecule has 1 heterocycles. The van der Waals surface area contributed by atoms with Gasteiger partial charge in [-0.3, -0.25) is 0 Å². The third-order valence-electron chi connectivity index (χ3n) is 2.69. The number of nitrogens with zero attached hydrogens (tertiary/aromatic N) is 2. The third kappa shape index (κ3) is 1.96. The molecule has 0 amide bonds. The minimum Gasteiger partial charge on any atom is -0.328 e. The van der Waals surface area contributed by atoms with Crippen LogP contribution in [0.15, 0.2) is 36.7 Å². The van der Waals surface area contributed by atoms with Crippen LogP contribution < -0.4 is 5.73 Å². The second-order valence-corrected chi connectivity index (χ2v) is 4.06. The van der Waals surface area contributed by atoms with Crippen molar-refractivity contribution < 1.29 is 0 Å². The van der Waals surface area contributed by atoms with E-state index in [4.69, 9.17) is 17.3 Å².